The first-order valence-electron chi connectivity index (χ1n) is 23.5. The van der Waals surface area contributed by atoms with Crippen molar-refractivity contribution in [2.75, 3.05) is 26.4 Å². The molecule has 350 valence electrons. The lowest BCUT2D eigenvalue weighted by atomic mass is 10.1. The lowest BCUT2D eigenvalue weighted by molar-refractivity contribution is -0.161. The molecule has 0 heterocycles. The highest BCUT2D eigenvalue weighted by molar-refractivity contribution is 7.47. The van der Waals surface area contributed by atoms with Crippen molar-refractivity contribution in [3.05, 3.63) is 85.1 Å². The van der Waals surface area contributed by atoms with Gasteiger partial charge >= 0.3 is 19.8 Å². The summed E-state index contributed by atoms with van der Waals surface area (Å²) in [5.41, 5.74) is 0. The summed E-state index contributed by atoms with van der Waals surface area (Å²) in [7, 11) is -4.65. The molecule has 0 spiro atoms. The zero-order valence-corrected chi connectivity index (χ0v) is 39.0. The van der Waals surface area contributed by atoms with E-state index in [1.54, 1.807) is 0 Å². The zero-order valence-electron chi connectivity index (χ0n) is 38.1. The SMILES string of the molecule is CCCCC/C=C/C/C=C/C/C=C/CCCCCCC(=O)OC[C@H](COP(=O)(O)OC[C@@H](O)CO)OC(=O)CCC/C=C/C/C=C/C/C=C/C/C=C/CCCCCCCCC. The maximum Gasteiger partial charge on any atom is 0.472 e. The van der Waals surface area contributed by atoms with Crippen LogP contribution in [0.4, 0.5) is 0 Å². The second-order valence-electron chi connectivity index (χ2n) is 15.4. The van der Waals surface area contributed by atoms with E-state index in [0.717, 1.165) is 57.8 Å². The van der Waals surface area contributed by atoms with Gasteiger partial charge in [-0.2, -0.15) is 0 Å². The zero-order chi connectivity index (χ0) is 44.8. The third-order valence-corrected chi connectivity index (χ3v) is 10.5. The Hall–Kier alpha value is -2.85. The molecule has 0 radical (unpaired) electrons. The van der Waals surface area contributed by atoms with Gasteiger partial charge in [0.25, 0.3) is 0 Å². The first-order chi connectivity index (χ1) is 29.7. The fourth-order valence-electron chi connectivity index (χ4n) is 5.87. The van der Waals surface area contributed by atoms with Crippen LogP contribution in [0.2, 0.25) is 0 Å². The number of carbonyl (C=O) groups excluding carboxylic acids is 2. The topological polar surface area (TPSA) is 149 Å². The van der Waals surface area contributed by atoms with E-state index in [9.17, 15) is 24.2 Å². The lowest BCUT2D eigenvalue weighted by Crippen LogP contribution is -2.29. The van der Waals surface area contributed by atoms with E-state index in [2.05, 4.69) is 91.3 Å². The van der Waals surface area contributed by atoms with E-state index in [4.69, 9.17) is 19.1 Å². The molecule has 0 bridgehead atoms. The molecule has 0 aromatic heterocycles. The maximum absolute atomic E-state index is 12.6. The van der Waals surface area contributed by atoms with Gasteiger partial charge < -0.3 is 24.6 Å². The first kappa shape index (κ1) is 58.1. The summed E-state index contributed by atoms with van der Waals surface area (Å²) in [6, 6.07) is 0. The number of unbranched alkanes of at least 4 members (excludes halogenated alkanes) is 15. The summed E-state index contributed by atoms with van der Waals surface area (Å²) in [6.45, 7) is 2.25. The van der Waals surface area contributed by atoms with Crippen molar-refractivity contribution in [2.45, 2.75) is 193 Å². The van der Waals surface area contributed by atoms with Gasteiger partial charge in [0.05, 0.1) is 19.8 Å². The molecule has 3 N–H and O–H groups in total. The molecule has 10 nitrogen and oxygen atoms in total. The third-order valence-electron chi connectivity index (χ3n) is 9.52. The van der Waals surface area contributed by atoms with Gasteiger partial charge in [-0.1, -0.05) is 163 Å². The Morgan fingerprint density at radius 1 is 0.492 bits per heavy atom. The summed E-state index contributed by atoms with van der Waals surface area (Å²) in [5.74, 6) is -1.02. The minimum absolute atomic E-state index is 0.0988. The normalized spacial score (nSPS) is 14.5. The predicted octanol–water partition coefficient (Wildman–Crippen LogP) is 13.0. The summed E-state index contributed by atoms with van der Waals surface area (Å²) in [5, 5.41) is 18.4. The van der Waals surface area contributed by atoms with Gasteiger partial charge in [-0.25, -0.2) is 4.57 Å². The molecule has 1 unspecified atom stereocenters. The molecule has 0 aliphatic carbocycles. The van der Waals surface area contributed by atoms with E-state index >= 15 is 0 Å². The van der Waals surface area contributed by atoms with E-state index in [1.807, 2.05) is 12.2 Å². The fourth-order valence-corrected chi connectivity index (χ4v) is 6.66. The molecule has 0 saturated carbocycles. The van der Waals surface area contributed by atoms with Crippen molar-refractivity contribution in [1.82, 2.24) is 0 Å². The molecule has 0 aliphatic rings. The van der Waals surface area contributed by atoms with Crippen LogP contribution in [0.15, 0.2) is 85.1 Å². The molecule has 0 saturated heterocycles. The third kappa shape index (κ3) is 45.0. The van der Waals surface area contributed by atoms with Crippen LogP contribution in [-0.4, -0.2) is 65.7 Å². The van der Waals surface area contributed by atoms with Gasteiger partial charge in [0.2, 0.25) is 0 Å². The summed E-state index contributed by atoms with van der Waals surface area (Å²) >= 11 is 0. The molecule has 61 heavy (non-hydrogen) atoms. The lowest BCUT2D eigenvalue weighted by Gasteiger charge is -2.20. The predicted molar refractivity (Wildman–Crippen MR) is 251 cm³/mol. The number of esters is 2. The number of hydrogen-bond donors (Lipinski definition) is 3. The van der Waals surface area contributed by atoms with Crippen LogP contribution in [0, 0.1) is 0 Å². The Labute approximate surface area is 371 Å². The van der Waals surface area contributed by atoms with Gasteiger partial charge in [0.1, 0.15) is 12.7 Å². The summed E-state index contributed by atoms with van der Waals surface area (Å²) in [4.78, 5) is 35.0. The van der Waals surface area contributed by atoms with Crippen molar-refractivity contribution in [1.29, 1.82) is 0 Å². The van der Waals surface area contributed by atoms with Gasteiger partial charge in [0, 0.05) is 12.8 Å². The van der Waals surface area contributed by atoms with E-state index < -0.39 is 51.8 Å². The average Bonchev–Trinajstić information content (AvgIpc) is 3.25. The molecule has 0 rings (SSSR count). The van der Waals surface area contributed by atoms with Crippen LogP contribution < -0.4 is 0 Å². The molecule has 0 aliphatic heterocycles. The highest BCUT2D eigenvalue weighted by Crippen LogP contribution is 2.43. The van der Waals surface area contributed by atoms with Gasteiger partial charge in [-0.05, 0) is 89.9 Å². The fraction of sp³-hybridized carbons (Fsp3) is 0.680. The molecular weight excluding hydrogens is 792 g/mol. The summed E-state index contributed by atoms with van der Waals surface area (Å²) in [6.07, 6.45) is 54.1. The highest BCUT2D eigenvalue weighted by atomic mass is 31.2. The van der Waals surface area contributed by atoms with Crippen LogP contribution in [0.3, 0.4) is 0 Å². The number of aliphatic hydroxyl groups excluding tert-OH is 2. The second kappa shape index (κ2) is 45.2. The Balaban J connectivity index is 4.41. The largest absolute Gasteiger partial charge is 0.472 e. The molecule has 11 heteroatoms. The van der Waals surface area contributed by atoms with Crippen LogP contribution in [-0.2, 0) is 32.7 Å². The standard InChI is InChI=1S/C50H85O10P/c1-3-5-7-9-11-13-15-17-19-21-22-23-24-26-28-30-32-34-36-38-40-42-50(54)60-48(46-59-61(55,56)58-44-47(52)43-51)45-57-49(53)41-39-37-35-33-31-29-27-25-20-18-16-14-12-10-8-6-4-2/h12,14,18-21,23-24,27-30,34,36,47-48,51-52H,3-11,13,15-17,22,25-26,31-33,35,37-46H2,1-2H3,(H,55,56)/b14-12+,20-18+,21-19+,24-23+,29-27+,30-28+,36-34+/t47-,48+/m0/s1. The highest BCUT2D eigenvalue weighted by Gasteiger charge is 2.27. The Morgan fingerprint density at radius 3 is 1.36 bits per heavy atom. The van der Waals surface area contributed by atoms with E-state index in [1.165, 1.54) is 77.0 Å². The molecular formula is C50H85O10P. The van der Waals surface area contributed by atoms with E-state index in [0.29, 0.717) is 19.3 Å². The monoisotopic (exact) mass is 877 g/mol. The van der Waals surface area contributed by atoms with Crippen molar-refractivity contribution < 1.29 is 47.8 Å². The molecule has 0 aromatic carbocycles. The number of rotatable bonds is 43. The Morgan fingerprint density at radius 2 is 0.869 bits per heavy atom. The number of phosphoric acid groups is 1. The van der Waals surface area contributed by atoms with Crippen LogP contribution in [0.1, 0.15) is 181 Å². The van der Waals surface area contributed by atoms with Crippen molar-refractivity contribution in [2.24, 2.45) is 0 Å². The number of allylic oxidation sites excluding steroid dienone is 14. The quantitative estimate of drug-likeness (QED) is 0.0234. The molecule has 0 aromatic rings. The number of ether oxygens (including phenoxy) is 2. The molecule has 0 fully saturated rings. The minimum Gasteiger partial charge on any atom is -0.462 e. The maximum atomic E-state index is 12.6. The Bertz CT molecular complexity index is 1280. The minimum atomic E-state index is -4.65. The number of phosphoric ester groups is 1. The van der Waals surface area contributed by atoms with Gasteiger partial charge in [-0.15, -0.1) is 0 Å². The number of carbonyl (C=O) groups is 2. The van der Waals surface area contributed by atoms with E-state index in [-0.39, 0.29) is 19.4 Å². The first-order valence-corrected chi connectivity index (χ1v) is 25.0. The second-order valence-corrected chi connectivity index (χ2v) is 16.9. The molecule has 3 atom stereocenters. The number of hydrogen-bond acceptors (Lipinski definition) is 9. The van der Waals surface area contributed by atoms with Crippen LogP contribution in [0.5, 0.6) is 0 Å². The van der Waals surface area contributed by atoms with Crippen LogP contribution >= 0.6 is 7.82 Å². The van der Waals surface area contributed by atoms with Crippen molar-refractivity contribution >= 4 is 19.8 Å². The Kier molecular flexibility index (Phi) is 43.1. The van der Waals surface area contributed by atoms with Gasteiger partial charge in [-0.3, -0.25) is 18.6 Å². The smallest absolute Gasteiger partial charge is 0.462 e. The summed E-state index contributed by atoms with van der Waals surface area (Å²) < 4.78 is 32.7. The van der Waals surface area contributed by atoms with Crippen LogP contribution in [0.25, 0.3) is 0 Å². The van der Waals surface area contributed by atoms with Crippen molar-refractivity contribution in [3.8, 4) is 0 Å². The number of aliphatic hydroxyl groups is 2. The molecule has 0 amide bonds. The van der Waals surface area contributed by atoms with Gasteiger partial charge in [0.15, 0.2) is 6.10 Å². The average molecular weight is 877 g/mol. The van der Waals surface area contributed by atoms with Crippen molar-refractivity contribution in [3.63, 3.8) is 0 Å².